The van der Waals surface area contributed by atoms with E-state index in [9.17, 15) is 9.59 Å². The van der Waals surface area contributed by atoms with Crippen molar-refractivity contribution in [2.45, 2.75) is 19.4 Å². The molecule has 1 atom stereocenters. The van der Waals surface area contributed by atoms with Crippen LogP contribution in [0.1, 0.15) is 12.5 Å². The lowest BCUT2D eigenvalue weighted by Crippen LogP contribution is -2.44. The number of carbonyl (C=O) groups is 2. The van der Waals surface area contributed by atoms with Gasteiger partial charge in [-0.15, -0.1) is 0 Å². The molecule has 5 N–H and O–H groups in total. The summed E-state index contributed by atoms with van der Waals surface area (Å²) in [5, 5.41) is 14.3. The van der Waals surface area contributed by atoms with Crippen LogP contribution >= 0.6 is 0 Å². The number of benzene rings is 1. The summed E-state index contributed by atoms with van der Waals surface area (Å²) >= 11 is 0. The van der Waals surface area contributed by atoms with Crippen LogP contribution in [0.15, 0.2) is 24.3 Å². The van der Waals surface area contributed by atoms with Gasteiger partial charge in [0.2, 0.25) is 0 Å². The van der Waals surface area contributed by atoms with E-state index in [0.29, 0.717) is 0 Å². The van der Waals surface area contributed by atoms with Crippen LogP contribution in [-0.4, -0.2) is 29.7 Å². The van der Waals surface area contributed by atoms with E-state index >= 15 is 0 Å². The van der Waals surface area contributed by atoms with Crippen molar-refractivity contribution in [2.24, 2.45) is 5.73 Å². The number of aliphatic carboxylic acids is 1. The second-order valence-corrected chi connectivity index (χ2v) is 3.83. The Morgan fingerprint density at radius 3 is 2.39 bits per heavy atom. The molecule has 6 nitrogen and oxygen atoms in total. The number of carbonyl (C=O) groups excluding carboxylic acids is 1. The maximum absolute atomic E-state index is 10.9. The Bertz CT molecular complexity index is 417. The molecule has 1 aromatic rings. The smallest absolute Gasteiger partial charge is 0.326 e. The van der Waals surface area contributed by atoms with E-state index in [2.05, 4.69) is 10.6 Å². The van der Waals surface area contributed by atoms with Crippen LogP contribution in [0, 0.1) is 0 Å². The molecule has 0 aliphatic carbocycles. The molecule has 6 heteroatoms. The molecule has 0 heterocycles. The molecule has 0 aromatic heterocycles. The number of nitrogens with one attached hydrogen (secondary N) is 2. The van der Waals surface area contributed by atoms with Crippen molar-refractivity contribution in [1.82, 2.24) is 5.32 Å². The molecule has 0 aliphatic heterocycles. The Hall–Kier alpha value is -2.24. The highest BCUT2D eigenvalue weighted by atomic mass is 16.4. The lowest BCUT2D eigenvalue weighted by atomic mass is 10.1. The van der Waals surface area contributed by atoms with E-state index in [1.54, 1.807) is 0 Å². The van der Waals surface area contributed by atoms with Gasteiger partial charge < -0.3 is 21.5 Å². The predicted octanol–water partition coefficient (Wildman–Crippen LogP) is 0.782. The molecule has 98 valence electrons. The minimum absolute atomic E-state index is 0.199. The van der Waals surface area contributed by atoms with Gasteiger partial charge in [-0.25, -0.2) is 9.59 Å². The minimum atomic E-state index is -1.11. The first-order valence-electron chi connectivity index (χ1n) is 5.64. The first-order chi connectivity index (χ1) is 8.52. The van der Waals surface area contributed by atoms with Gasteiger partial charge in [-0.2, -0.15) is 0 Å². The van der Waals surface area contributed by atoms with Gasteiger partial charge in [0.25, 0.3) is 0 Å². The van der Waals surface area contributed by atoms with Crippen LogP contribution in [0.5, 0.6) is 0 Å². The zero-order valence-electron chi connectivity index (χ0n) is 10.1. The van der Waals surface area contributed by atoms with Crippen LogP contribution in [0.2, 0.25) is 0 Å². The predicted molar refractivity (Wildman–Crippen MR) is 68.5 cm³/mol. The largest absolute Gasteiger partial charge is 0.480 e. The van der Waals surface area contributed by atoms with Crippen molar-refractivity contribution in [1.29, 1.82) is 0 Å². The summed E-state index contributed by atoms with van der Waals surface area (Å²) in [5.74, 6) is -1.11. The summed E-state index contributed by atoms with van der Waals surface area (Å²) < 4.78 is 0. The highest BCUT2D eigenvalue weighted by Gasteiger charge is 2.18. The summed E-state index contributed by atoms with van der Waals surface area (Å²) in [6.45, 7) is 2.81. The zero-order chi connectivity index (χ0) is 13.5. The Morgan fingerprint density at radius 1 is 1.33 bits per heavy atom. The number of anilines is 1. The lowest BCUT2D eigenvalue weighted by molar-refractivity contribution is -0.139. The monoisotopic (exact) mass is 251 g/mol. The van der Waals surface area contributed by atoms with Gasteiger partial charge in [-0.3, -0.25) is 0 Å². The zero-order valence-corrected chi connectivity index (χ0v) is 10.1. The van der Waals surface area contributed by atoms with Gasteiger partial charge in [0.05, 0.1) is 0 Å². The number of urea groups is 1. The van der Waals surface area contributed by atoms with E-state index in [-0.39, 0.29) is 6.42 Å². The molecular formula is C12H17N3O3. The molecule has 0 bridgehead atoms. The highest BCUT2D eigenvalue weighted by molar-refractivity contribution is 5.81. The Balaban J connectivity index is 2.68. The van der Waals surface area contributed by atoms with Crippen LogP contribution in [0.25, 0.3) is 0 Å². The third kappa shape index (κ3) is 4.32. The fraction of sp³-hybridized carbons (Fsp3) is 0.333. The number of carboxylic acid groups (broad SMARTS) is 1. The second kappa shape index (κ2) is 6.48. The van der Waals surface area contributed by atoms with Crippen molar-refractivity contribution < 1.29 is 14.7 Å². The second-order valence-electron chi connectivity index (χ2n) is 3.83. The molecule has 0 radical (unpaired) electrons. The quantitative estimate of drug-likeness (QED) is 0.599. The third-order valence-electron chi connectivity index (χ3n) is 2.39. The van der Waals surface area contributed by atoms with Gasteiger partial charge in [-0.05, 0) is 24.6 Å². The number of nitrogens with two attached hydrogens (primary N) is 1. The van der Waals surface area contributed by atoms with E-state index in [4.69, 9.17) is 10.8 Å². The molecule has 18 heavy (non-hydrogen) atoms. The number of primary amides is 1. The SMILES string of the molecule is CCNc1ccc(C[C@H](NC(N)=O)C(=O)O)cc1. The van der Waals surface area contributed by atoms with Crippen molar-refractivity contribution >= 4 is 17.7 Å². The Labute approximate surface area is 105 Å². The maximum Gasteiger partial charge on any atom is 0.326 e. The van der Waals surface area contributed by atoms with Crippen LogP contribution in [0.4, 0.5) is 10.5 Å². The molecule has 0 spiro atoms. The van der Waals surface area contributed by atoms with Crippen LogP contribution in [0.3, 0.4) is 0 Å². The molecule has 1 aromatic carbocycles. The topological polar surface area (TPSA) is 104 Å². The standard InChI is InChI=1S/C12H17N3O3/c1-2-14-9-5-3-8(4-6-9)7-10(11(16)17)15-12(13)18/h3-6,10,14H,2,7H2,1H3,(H,16,17)(H3,13,15,18)/t10-/m0/s1. The van der Waals surface area contributed by atoms with Crippen molar-refractivity contribution in [3.8, 4) is 0 Å². The summed E-state index contributed by atoms with van der Waals surface area (Å²) in [4.78, 5) is 21.6. The van der Waals surface area contributed by atoms with Gasteiger partial charge in [-0.1, -0.05) is 12.1 Å². The lowest BCUT2D eigenvalue weighted by Gasteiger charge is -2.13. The summed E-state index contributed by atoms with van der Waals surface area (Å²) in [6.07, 6.45) is 0.199. The fourth-order valence-electron chi connectivity index (χ4n) is 1.57. The minimum Gasteiger partial charge on any atom is -0.480 e. The molecule has 0 saturated heterocycles. The number of hydrogen-bond acceptors (Lipinski definition) is 3. The number of rotatable bonds is 6. The summed E-state index contributed by atoms with van der Waals surface area (Å²) in [7, 11) is 0. The molecule has 0 fully saturated rings. The third-order valence-corrected chi connectivity index (χ3v) is 2.39. The van der Waals surface area contributed by atoms with E-state index in [1.165, 1.54) is 0 Å². The van der Waals surface area contributed by atoms with Crippen molar-refractivity contribution in [2.75, 3.05) is 11.9 Å². The van der Waals surface area contributed by atoms with Crippen LogP contribution in [-0.2, 0) is 11.2 Å². The average Bonchev–Trinajstić information content (AvgIpc) is 2.30. The summed E-state index contributed by atoms with van der Waals surface area (Å²) in [6, 6.07) is 5.51. The number of carboxylic acids is 1. The van der Waals surface area contributed by atoms with Crippen molar-refractivity contribution in [3.05, 3.63) is 29.8 Å². The number of hydrogen-bond donors (Lipinski definition) is 4. The molecule has 1 rings (SSSR count). The van der Waals surface area contributed by atoms with Gasteiger partial charge in [0, 0.05) is 18.7 Å². The first kappa shape index (κ1) is 13.8. The van der Waals surface area contributed by atoms with Gasteiger partial charge in [0.1, 0.15) is 6.04 Å². The van der Waals surface area contributed by atoms with Gasteiger partial charge in [0.15, 0.2) is 0 Å². The molecular weight excluding hydrogens is 234 g/mol. The van der Waals surface area contributed by atoms with Gasteiger partial charge >= 0.3 is 12.0 Å². The molecule has 0 aliphatic rings. The molecule has 0 unspecified atom stereocenters. The number of amides is 2. The summed E-state index contributed by atoms with van der Waals surface area (Å²) in [5.41, 5.74) is 6.71. The average molecular weight is 251 g/mol. The Morgan fingerprint density at radius 2 is 1.94 bits per heavy atom. The van der Waals surface area contributed by atoms with Crippen molar-refractivity contribution in [3.63, 3.8) is 0 Å². The normalized spacial score (nSPS) is 11.6. The molecule has 2 amide bonds. The highest BCUT2D eigenvalue weighted by Crippen LogP contribution is 2.11. The molecule has 0 saturated carbocycles. The van der Waals surface area contributed by atoms with E-state index in [1.807, 2.05) is 31.2 Å². The van der Waals surface area contributed by atoms with E-state index in [0.717, 1.165) is 17.8 Å². The Kier molecular flexibility index (Phi) is 4.98. The maximum atomic E-state index is 10.9. The van der Waals surface area contributed by atoms with E-state index < -0.39 is 18.0 Å². The first-order valence-corrected chi connectivity index (χ1v) is 5.64. The van der Waals surface area contributed by atoms with Crippen LogP contribution < -0.4 is 16.4 Å². The fourth-order valence-corrected chi connectivity index (χ4v) is 1.57.